The number of ether oxygens (including phenoxy) is 2. The standard InChI is InChI=1S/C25H31ClN2O5S/c1-15(20-11-16-8-9-17(20)10-16)27-25(29)18-6-5-7-19(12-18)34(30,31)28(2)22-13-21(26)23(32-3)14-24(22)33-4/h5-7,12-17,20H,8-11H2,1-4H3,(H,27,29)/t15-,16+,17+,20+/m0/s1. The maximum Gasteiger partial charge on any atom is 0.264 e. The van der Waals surface area contributed by atoms with E-state index in [0.717, 1.165) is 16.6 Å². The molecule has 4 atom stereocenters. The van der Waals surface area contributed by atoms with Gasteiger partial charge in [0.1, 0.15) is 11.5 Å². The van der Waals surface area contributed by atoms with Crippen LogP contribution in [0, 0.1) is 17.8 Å². The van der Waals surface area contributed by atoms with Gasteiger partial charge in [0.25, 0.3) is 15.9 Å². The molecule has 9 heteroatoms. The van der Waals surface area contributed by atoms with Gasteiger partial charge in [-0.3, -0.25) is 9.10 Å². The number of nitrogens with zero attached hydrogens (tertiary/aromatic N) is 1. The zero-order valence-electron chi connectivity index (χ0n) is 19.9. The highest BCUT2D eigenvalue weighted by molar-refractivity contribution is 7.92. The van der Waals surface area contributed by atoms with Gasteiger partial charge in [-0.2, -0.15) is 0 Å². The molecule has 2 bridgehead atoms. The Bertz CT molecular complexity index is 1190. The lowest BCUT2D eigenvalue weighted by molar-refractivity contribution is 0.0915. The first-order valence-electron chi connectivity index (χ1n) is 11.5. The van der Waals surface area contributed by atoms with Crippen LogP contribution >= 0.6 is 11.6 Å². The van der Waals surface area contributed by atoms with E-state index in [1.165, 1.54) is 64.8 Å². The second-order valence-corrected chi connectivity index (χ2v) is 11.6. The molecule has 0 saturated heterocycles. The van der Waals surface area contributed by atoms with Crippen LogP contribution < -0.4 is 19.1 Å². The largest absolute Gasteiger partial charge is 0.495 e. The molecule has 2 fully saturated rings. The van der Waals surface area contributed by atoms with Crippen molar-refractivity contribution in [3.8, 4) is 11.5 Å². The Kier molecular flexibility index (Phi) is 7.01. The zero-order chi connectivity index (χ0) is 24.6. The Morgan fingerprint density at radius 2 is 1.85 bits per heavy atom. The number of methoxy groups -OCH3 is 2. The van der Waals surface area contributed by atoms with Crippen molar-refractivity contribution in [3.63, 3.8) is 0 Å². The first-order chi connectivity index (χ1) is 16.1. The minimum absolute atomic E-state index is 0.00391. The maximum absolute atomic E-state index is 13.4. The molecule has 2 aliphatic carbocycles. The van der Waals surface area contributed by atoms with E-state index in [2.05, 4.69) is 12.2 Å². The third-order valence-electron chi connectivity index (χ3n) is 7.34. The van der Waals surface area contributed by atoms with Crippen LogP contribution in [-0.4, -0.2) is 41.6 Å². The molecule has 7 nitrogen and oxygen atoms in total. The molecule has 1 amide bonds. The Labute approximate surface area is 206 Å². The van der Waals surface area contributed by atoms with Crippen LogP contribution in [0.1, 0.15) is 43.0 Å². The van der Waals surface area contributed by atoms with Crippen LogP contribution in [0.4, 0.5) is 5.69 Å². The van der Waals surface area contributed by atoms with Crippen molar-refractivity contribution >= 4 is 33.2 Å². The van der Waals surface area contributed by atoms with Gasteiger partial charge >= 0.3 is 0 Å². The molecule has 184 valence electrons. The highest BCUT2D eigenvalue weighted by atomic mass is 35.5. The van der Waals surface area contributed by atoms with Crippen LogP contribution in [0.25, 0.3) is 0 Å². The van der Waals surface area contributed by atoms with E-state index in [9.17, 15) is 13.2 Å². The summed E-state index contributed by atoms with van der Waals surface area (Å²) < 4.78 is 38.5. The summed E-state index contributed by atoms with van der Waals surface area (Å²) in [5.41, 5.74) is 0.567. The van der Waals surface area contributed by atoms with Crippen LogP contribution in [-0.2, 0) is 10.0 Å². The fraction of sp³-hybridized carbons (Fsp3) is 0.480. The number of rotatable bonds is 8. The van der Waals surface area contributed by atoms with Gasteiger partial charge in [0.2, 0.25) is 0 Å². The van der Waals surface area contributed by atoms with E-state index in [-0.39, 0.29) is 27.6 Å². The van der Waals surface area contributed by atoms with Gasteiger partial charge in [-0.05, 0) is 68.2 Å². The summed E-state index contributed by atoms with van der Waals surface area (Å²) in [5.74, 6) is 2.37. The van der Waals surface area contributed by atoms with Gasteiger partial charge < -0.3 is 14.8 Å². The summed E-state index contributed by atoms with van der Waals surface area (Å²) in [6.07, 6.45) is 4.98. The monoisotopic (exact) mass is 506 g/mol. The lowest BCUT2D eigenvalue weighted by Crippen LogP contribution is -2.40. The van der Waals surface area contributed by atoms with Crippen LogP contribution in [0.3, 0.4) is 0 Å². The molecule has 0 spiro atoms. The maximum atomic E-state index is 13.4. The topological polar surface area (TPSA) is 84.9 Å². The number of hydrogen-bond acceptors (Lipinski definition) is 5. The van der Waals surface area contributed by atoms with Crippen molar-refractivity contribution in [2.45, 2.75) is 43.5 Å². The number of fused-ring (bicyclic) bond motifs is 2. The van der Waals surface area contributed by atoms with E-state index in [1.54, 1.807) is 12.1 Å². The lowest BCUT2D eigenvalue weighted by atomic mass is 9.84. The van der Waals surface area contributed by atoms with Crippen molar-refractivity contribution in [2.24, 2.45) is 17.8 Å². The van der Waals surface area contributed by atoms with Crippen LogP contribution in [0.15, 0.2) is 41.3 Å². The summed E-state index contributed by atoms with van der Waals surface area (Å²) in [6, 6.07) is 9.15. The number of amides is 1. The number of carbonyl (C=O) groups is 1. The van der Waals surface area contributed by atoms with Crippen molar-refractivity contribution < 1.29 is 22.7 Å². The number of carbonyl (C=O) groups excluding carboxylic acids is 1. The number of sulfonamides is 1. The highest BCUT2D eigenvalue weighted by Gasteiger charge is 2.42. The fourth-order valence-electron chi connectivity index (χ4n) is 5.48. The molecule has 0 aromatic heterocycles. The average Bonchev–Trinajstić information content (AvgIpc) is 3.47. The number of halogens is 1. The van der Waals surface area contributed by atoms with Crippen LogP contribution in [0.5, 0.6) is 11.5 Å². The average molecular weight is 507 g/mol. The first-order valence-corrected chi connectivity index (χ1v) is 13.3. The molecule has 1 N–H and O–H groups in total. The number of anilines is 1. The van der Waals surface area contributed by atoms with Gasteiger partial charge in [0.05, 0.1) is 29.8 Å². The number of hydrogen-bond donors (Lipinski definition) is 1. The Balaban J connectivity index is 1.55. The SMILES string of the molecule is COc1cc(OC)c(N(C)S(=O)(=O)c2cccc(C(=O)N[C@@H](C)[C@H]3C[C@@H]4CC[C@@H]3C4)c2)cc1Cl. The van der Waals surface area contributed by atoms with E-state index >= 15 is 0 Å². The third kappa shape index (κ3) is 4.58. The van der Waals surface area contributed by atoms with Gasteiger partial charge in [-0.1, -0.05) is 24.1 Å². The van der Waals surface area contributed by atoms with E-state index in [4.69, 9.17) is 21.1 Å². The van der Waals surface area contributed by atoms with Gasteiger partial charge in [-0.15, -0.1) is 0 Å². The molecule has 0 aliphatic heterocycles. The molecule has 2 aromatic rings. The van der Waals surface area contributed by atoms with Gasteiger partial charge in [0, 0.05) is 24.7 Å². The van der Waals surface area contributed by atoms with Crippen molar-refractivity contribution in [1.82, 2.24) is 5.32 Å². The molecule has 2 saturated carbocycles. The summed E-state index contributed by atoms with van der Waals surface area (Å²) in [6.45, 7) is 2.05. The number of benzene rings is 2. The van der Waals surface area contributed by atoms with Gasteiger partial charge in [-0.25, -0.2) is 8.42 Å². The molecule has 0 unspecified atom stereocenters. The smallest absolute Gasteiger partial charge is 0.264 e. The quantitative estimate of drug-likeness (QED) is 0.559. The molecule has 4 rings (SSSR count). The summed E-state index contributed by atoms with van der Waals surface area (Å²) in [4.78, 5) is 13.0. The predicted molar refractivity (Wildman–Crippen MR) is 132 cm³/mol. The molecule has 0 radical (unpaired) electrons. The minimum Gasteiger partial charge on any atom is -0.495 e. The van der Waals surface area contributed by atoms with Gasteiger partial charge in [0.15, 0.2) is 0 Å². The van der Waals surface area contributed by atoms with Crippen LogP contribution in [0.2, 0.25) is 5.02 Å². The number of nitrogens with one attached hydrogen (secondary N) is 1. The Hall–Kier alpha value is -2.45. The Morgan fingerprint density at radius 1 is 1.12 bits per heavy atom. The summed E-state index contributed by atoms with van der Waals surface area (Å²) >= 11 is 6.24. The third-order valence-corrected chi connectivity index (χ3v) is 9.40. The fourth-order valence-corrected chi connectivity index (χ4v) is 6.96. The molecule has 34 heavy (non-hydrogen) atoms. The predicted octanol–water partition coefficient (Wildman–Crippen LogP) is 4.74. The lowest BCUT2D eigenvalue weighted by Gasteiger charge is -2.28. The zero-order valence-corrected chi connectivity index (χ0v) is 21.4. The minimum atomic E-state index is -3.99. The van der Waals surface area contributed by atoms with Crippen molar-refractivity contribution in [1.29, 1.82) is 0 Å². The van der Waals surface area contributed by atoms with E-state index in [0.29, 0.717) is 28.9 Å². The summed E-state index contributed by atoms with van der Waals surface area (Å²) in [5, 5.41) is 3.36. The molecular weight excluding hydrogens is 476 g/mol. The highest BCUT2D eigenvalue weighted by Crippen LogP contribution is 2.49. The molecule has 0 heterocycles. The van der Waals surface area contributed by atoms with E-state index in [1.807, 2.05) is 0 Å². The second-order valence-electron chi connectivity index (χ2n) is 9.26. The van der Waals surface area contributed by atoms with Crippen molar-refractivity contribution in [2.75, 3.05) is 25.6 Å². The first kappa shape index (κ1) is 24.7. The Morgan fingerprint density at radius 3 is 2.47 bits per heavy atom. The van der Waals surface area contributed by atoms with E-state index < -0.39 is 10.0 Å². The molecule has 2 aliphatic rings. The normalized spacial score (nSPS) is 22.3. The molecular formula is C25H31ClN2O5S. The molecule has 2 aromatic carbocycles. The second kappa shape index (κ2) is 9.66. The summed E-state index contributed by atoms with van der Waals surface area (Å²) in [7, 11) is 0.330. The van der Waals surface area contributed by atoms with Crippen molar-refractivity contribution in [3.05, 3.63) is 47.0 Å².